The van der Waals surface area contributed by atoms with Gasteiger partial charge in [0.15, 0.2) is 0 Å². The van der Waals surface area contributed by atoms with Crippen LogP contribution < -0.4 is 5.43 Å². The highest BCUT2D eigenvalue weighted by Crippen LogP contribution is 2.19. The number of hydrogen-bond donors (Lipinski definition) is 2. The van der Waals surface area contributed by atoms with E-state index in [0.29, 0.717) is 5.56 Å². The zero-order valence-electron chi connectivity index (χ0n) is 13.3. The molecule has 0 aliphatic heterocycles. The number of phenolic OH excluding ortho intramolecular Hbond substituents is 1. The summed E-state index contributed by atoms with van der Waals surface area (Å²) in [6.07, 6.45) is 1.27. The lowest BCUT2D eigenvalue weighted by Crippen LogP contribution is -2.36. The molecule has 0 saturated heterocycles. The van der Waals surface area contributed by atoms with Crippen molar-refractivity contribution in [2.45, 2.75) is 4.90 Å². The molecule has 0 radical (unpaired) electrons. The largest absolute Gasteiger partial charge is 0.507 e. The summed E-state index contributed by atoms with van der Waals surface area (Å²) in [5.41, 5.74) is 2.63. The van der Waals surface area contributed by atoms with Gasteiger partial charge in [-0.2, -0.15) is 9.41 Å². The van der Waals surface area contributed by atoms with Gasteiger partial charge in [-0.15, -0.1) is 0 Å². The Bertz CT molecular complexity index is 886. The molecule has 0 unspecified atom stereocenters. The molecule has 9 heteroatoms. The van der Waals surface area contributed by atoms with Crippen molar-refractivity contribution in [3.05, 3.63) is 58.6 Å². The van der Waals surface area contributed by atoms with Crippen molar-refractivity contribution in [3.63, 3.8) is 0 Å². The van der Waals surface area contributed by atoms with Gasteiger partial charge in [-0.1, -0.05) is 34.1 Å². The monoisotopic (exact) mass is 425 g/mol. The zero-order chi connectivity index (χ0) is 18.4. The third kappa shape index (κ3) is 5.12. The standard InChI is InChI=1S/C16H16BrN3O4S/c1-20(25(23,24)14-5-3-2-4-6-14)11-16(22)19-18-10-12-9-13(17)7-8-15(12)21/h2-10,21H,11H2,1H3,(H,19,22)/b18-10+. The van der Waals surface area contributed by atoms with Crippen LogP contribution in [-0.2, 0) is 14.8 Å². The van der Waals surface area contributed by atoms with Crippen LogP contribution >= 0.6 is 15.9 Å². The number of phenols is 1. The molecular weight excluding hydrogens is 410 g/mol. The molecule has 7 nitrogen and oxygen atoms in total. The van der Waals surface area contributed by atoms with Crippen LogP contribution in [0.15, 0.2) is 63.0 Å². The molecule has 0 aliphatic rings. The number of aromatic hydroxyl groups is 1. The van der Waals surface area contributed by atoms with Crippen molar-refractivity contribution >= 4 is 38.1 Å². The summed E-state index contributed by atoms with van der Waals surface area (Å²) in [6, 6.07) is 12.6. The first-order valence-electron chi connectivity index (χ1n) is 7.12. The number of benzene rings is 2. The minimum absolute atomic E-state index is 0.00460. The molecule has 0 heterocycles. The molecule has 2 aromatic rings. The van der Waals surface area contributed by atoms with E-state index in [-0.39, 0.29) is 17.2 Å². The van der Waals surface area contributed by atoms with E-state index in [1.165, 1.54) is 31.5 Å². The van der Waals surface area contributed by atoms with Crippen LogP contribution in [0.2, 0.25) is 0 Å². The average molecular weight is 426 g/mol. The van der Waals surface area contributed by atoms with Gasteiger partial charge < -0.3 is 5.11 Å². The topological polar surface area (TPSA) is 99.1 Å². The number of nitrogens with one attached hydrogen (secondary N) is 1. The molecule has 2 aromatic carbocycles. The molecule has 25 heavy (non-hydrogen) atoms. The Morgan fingerprint density at radius 3 is 2.64 bits per heavy atom. The molecule has 0 atom stereocenters. The van der Waals surface area contributed by atoms with Gasteiger partial charge in [-0.3, -0.25) is 4.79 Å². The van der Waals surface area contributed by atoms with Gasteiger partial charge in [-0.25, -0.2) is 13.8 Å². The molecule has 1 amide bonds. The normalized spacial score (nSPS) is 11.8. The van der Waals surface area contributed by atoms with Crippen LogP contribution in [0.25, 0.3) is 0 Å². The maximum Gasteiger partial charge on any atom is 0.255 e. The Morgan fingerprint density at radius 1 is 1.28 bits per heavy atom. The maximum atomic E-state index is 12.3. The summed E-state index contributed by atoms with van der Waals surface area (Å²) < 4.78 is 26.3. The first-order valence-corrected chi connectivity index (χ1v) is 9.36. The third-order valence-electron chi connectivity index (χ3n) is 3.20. The van der Waals surface area contributed by atoms with Crippen LogP contribution in [0.5, 0.6) is 5.75 Å². The predicted octanol–water partition coefficient (Wildman–Crippen LogP) is 1.93. The summed E-state index contributed by atoms with van der Waals surface area (Å²) >= 11 is 3.26. The zero-order valence-corrected chi connectivity index (χ0v) is 15.7. The number of amides is 1. The first kappa shape index (κ1) is 19.1. The fourth-order valence-corrected chi connectivity index (χ4v) is 3.42. The smallest absolute Gasteiger partial charge is 0.255 e. The number of likely N-dealkylation sites (N-methyl/N-ethyl adjacent to an activating group) is 1. The molecule has 2 rings (SSSR count). The van der Waals surface area contributed by atoms with E-state index < -0.39 is 15.9 Å². The molecule has 0 fully saturated rings. The second kappa shape index (κ2) is 8.24. The highest BCUT2D eigenvalue weighted by atomic mass is 79.9. The van der Waals surface area contributed by atoms with Gasteiger partial charge in [0.05, 0.1) is 17.7 Å². The number of hydrazone groups is 1. The van der Waals surface area contributed by atoms with Crippen LogP contribution in [0, 0.1) is 0 Å². The van der Waals surface area contributed by atoms with Gasteiger partial charge in [0.25, 0.3) is 5.91 Å². The van der Waals surface area contributed by atoms with Crippen molar-refractivity contribution in [1.29, 1.82) is 0 Å². The number of hydrogen-bond acceptors (Lipinski definition) is 5. The molecule has 2 N–H and O–H groups in total. The minimum atomic E-state index is -3.75. The fourth-order valence-electron chi connectivity index (χ4n) is 1.90. The minimum Gasteiger partial charge on any atom is -0.507 e. The van der Waals surface area contributed by atoms with Crippen LogP contribution in [-0.4, -0.2) is 43.5 Å². The van der Waals surface area contributed by atoms with Crippen molar-refractivity contribution in [2.75, 3.05) is 13.6 Å². The van der Waals surface area contributed by atoms with E-state index in [1.807, 2.05) is 0 Å². The van der Waals surface area contributed by atoms with Gasteiger partial charge in [0, 0.05) is 17.1 Å². The Labute approximate surface area is 154 Å². The Hall–Kier alpha value is -2.23. The summed E-state index contributed by atoms with van der Waals surface area (Å²) in [5, 5.41) is 13.4. The number of sulfonamides is 1. The highest BCUT2D eigenvalue weighted by molar-refractivity contribution is 9.10. The molecule has 0 aromatic heterocycles. The van der Waals surface area contributed by atoms with Crippen LogP contribution in [0.1, 0.15) is 5.56 Å². The Kier molecular flexibility index (Phi) is 6.29. The fraction of sp³-hybridized carbons (Fsp3) is 0.125. The van der Waals surface area contributed by atoms with Crippen LogP contribution in [0.4, 0.5) is 0 Å². The van der Waals surface area contributed by atoms with E-state index in [4.69, 9.17) is 0 Å². The van der Waals surface area contributed by atoms with Crippen molar-refractivity contribution in [1.82, 2.24) is 9.73 Å². The number of carbonyl (C=O) groups is 1. The van der Waals surface area contributed by atoms with Crippen molar-refractivity contribution in [2.24, 2.45) is 5.10 Å². The summed E-state index contributed by atoms with van der Waals surface area (Å²) in [7, 11) is -2.44. The van der Waals surface area contributed by atoms with Crippen molar-refractivity contribution < 1.29 is 18.3 Å². The molecule has 0 saturated carbocycles. The Balaban J connectivity index is 1.98. The molecule has 0 aliphatic carbocycles. The van der Waals surface area contributed by atoms with Crippen molar-refractivity contribution in [3.8, 4) is 5.75 Å². The van der Waals surface area contributed by atoms with E-state index in [9.17, 15) is 18.3 Å². The van der Waals surface area contributed by atoms with Gasteiger partial charge in [-0.05, 0) is 30.3 Å². The molecule has 0 bridgehead atoms. The number of rotatable bonds is 6. The molecular formula is C16H16BrN3O4S. The SMILES string of the molecule is CN(CC(=O)N/N=C/c1cc(Br)ccc1O)S(=O)(=O)c1ccccc1. The predicted molar refractivity (Wildman–Crippen MR) is 97.8 cm³/mol. The van der Waals surface area contributed by atoms with Gasteiger partial charge >= 0.3 is 0 Å². The Morgan fingerprint density at radius 2 is 1.96 bits per heavy atom. The summed E-state index contributed by atoms with van der Waals surface area (Å²) in [6.45, 7) is -0.390. The highest BCUT2D eigenvalue weighted by Gasteiger charge is 2.22. The first-order chi connectivity index (χ1) is 11.8. The van der Waals surface area contributed by atoms with E-state index in [0.717, 1.165) is 8.78 Å². The summed E-state index contributed by atoms with van der Waals surface area (Å²) in [4.78, 5) is 12.0. The number of halogens is 1. The van der Waals surface area contributed by atoms with E-state index in [1.54, 1.807) is 30.3 Å². The lowest BCUT2D eigenvalue weighted by atomic mass is 10.2. The molecule has 132 valence electrons. The third-order valence-corrected chi connectivity index (χ3v) is 5.51. The van der Waals surface area contributed by atoms with Gasteiger partial charge in [0.1, 0.15) is 5.75 Å². The van der Waals surface area contributed by atoms with Gasteiger partial charge in [0.2, 0.25) is 10.0 Å². The number of nitrogens with zero attached hydrogens (tertiary/aromatic N) is 2. The number of carbonyl (C=O) groups excluding carboxylic acids is 1. The lowest BCUT2D eigenvalue weighted by Gasteiger charge is -2.15. The lowest BCUT2D eigenvalue weighted by molar-refractivity contribution is -0.121. The quantitative estimate of drug-likeness (QED) is 0.545. The summed E-state index contributed by atoms with van der Waals surface area (Å²) in [5.74, 6) is -0.599. The average Bonchev–Trinajstić information content (AvgIpc) is 2.58. The van der Waals surface area contributed by atoms with E-state index >= 15 is 0 Å². The second-order valence-corrected chi connectivity index (χ2v) is 8.03. The maximum absolute atomic E-state index is 12.3. The second-order valence-electron chi connectivity index (χ2n) is 5.07. The molecule has 0 spiro atoms. The van der Waals surface area contributed by atoms with Crippen LogP contribution in [0.3, 0.4) is 0 Å². The van der Waals surface area contributed by atoms with E-state index in [2.05, 4.69) is 26.5 Å².